The van der Waals surface area contributed by atoms with Gasteiger partial charge in [-0.1, -0.05) is 26.0 Å². The van der Waals surface area contributed by atoms with Crippen LogP contribution in [0.1, 0.15) is 20.8 Å². The van der Waals surface area contributed by atoms with Crippen LogP contribution in [0.2, 0.25) is 0 Å². The maximum absolute atomic E-state index is 11.1. The molecule has 0 aromatic heterocycles. The molecule has 0 saturated carbocycles. The van der Waals surface area contributed by atoms with E-state index in [9.17, 15) is 9.59 Å². The van der Waals surface area contributed by atoms with E-state index in [4.69, 9.17) is 0 Å². The molecule has 0 bridgehead atoms. The van der Waals surface area contributed by atoms with Gasteiger partial charge < -0.3 is 5.32 Å². The van der Waals surface area contributed by atoms with Crippen LogP contribution >= 0.6 is 0 Å². The van der Waals surface area contributed by atoms with Crippen molar-refractivity contribution in [3.8, 4) is 0 Å². The largest absolute Gasteiger partial charge is 0.352 e. The van der Waals surface area contributed by atoms with Crippen molar-refractivity contribution in [3.63, 3.8) is 0 Å². The summed E-state index contributed by atoms with van der Waals surface area (Å²) in [5.41, 5.74) is 0. The highest BCUT2D eigenvalue weighted by Gasteiger charge is 1.95. The predicted molar refractivity (Wildman–Crippen MR) is 56.8 cm³/mol. The monoisotopic (exact) mass is 195 g/mol. The Balaban J connectivity index is 3.77. The van der Waals surface area contributed by atoms with Gasteiger partial charge in [0.2, 0.25) is 5.91 Å². The Bertz CT molecular complexity index is 252. The Morgan fingerprint density at radius 2 is 1.79 bits per heavy atom. The van der Waals surface area contributed by atoms with E-state index in [1.807, 2.05) is 13.8 Å². The number of carbonyl (C=O) groups is 2. The Kier molecular flexibility index (Phi) is 6.37. The van der Waals surface area contributed by atoms with Crippen LogP contribution < -0.4 is 5.32 Å². The molecule has 0 atom stereocenters. The maximum Gasteiger partial charge on any atom is 0.243 e. The zero-order valence-electron chi connectivity index (χ0n) is 8.91. The van der Waals surface area contributed by atoms with Gasteiger partial charge in [-0.3, -0.25) is 9.59 Å². The lowest BCUT2D eigenvalue weighted by Crippen LogP contribution is -2.25. The van der Waals surface area contributed by atoms with E-state index >= 15 is 0 Å². The van der Waals surface area contributed by atoms with Crippen LogP contribution in [-0.4, -0.2) is 18.2 Å². The highest BCUT2D eigenvalue weighted by molar-refractivity contribution is 5.89. The second-order valence-electron chi connectivity index (χ2n) is 3.47. The van der Waals surface area contributed by atoms with Gasteiger partial charge in [-0.15, -0.1) is 0 Å². The third kappa shape index (κ3) is 8.71. The summed E-state index contributed by atoms with van der Waals surface area (Å²) in [6.45, 7) is 6.18. The van der Waals surface area contributed by atoms with Gasteiger partial charge in [0.15, 0.2) is 5.78 Å². The van der Waals surface area contributed by atoms with E-state index in [2.05, 4.69) is 5.32 Å². The number of hydrogen-bond donors (Lipinski definition) is 1. The summed E-state index contributed by atoms with van der Waals surface area (Å²) in [5, 5.41) is 2.73. The minimum atomic E-state index is -0.132. The number of nitrogens with one attached hydrogen (secondary N) is 1. The second kappa shape index (κ2) is 7.06. The Morgan fingerprint density at radius 3 is 2.29 bits per heavy atom. The lowest BCUT2D eigenvalue weighted by molar-refractivity contribution is -0.116. The molecular weight excluding hydrogens is 178 g/mol. The molecular formula is C11H17NO2. The summed E-state index contributed by atoms with van der Waals surface area (Å²) >= 11 is 0. The first-order valence-electron chi connectivity index (χ1n) is 4.65. The summed E-state index contributed by atoms with van der Waals surface area (Å²) in [7, 11) is 0. The van der Waals surface area contributed by atoms with Crippen molar-refractivity contribution < 1.29 is 9.59 Å². The number of ketones is 1. The molecule has 0 aliphatic heterocycles. The van der Waals surface area contributed by atoms with Gasteiger partial charge in [-0.2, -0.15) is 0 Å². The lowest BCUT2D eigenvalue weighted by Gasteiger charge is -2.03. The van der Waals surface area contributed by atoms with Gasteiger partial charge >= 0.3 is 0 Å². The van der Waals surface area contributed by atoms with Gasteiger partial charge in [0, 0.05) is 12.6 Å². The Morgan fingerprint density at radius 1 is 1.21 bits per heavy atom. The molecule has 0 aliphatic carbocycles. The zero-order chi connectivity index (χ0) is 11.0. The van der Waals surface area contributed by atoms with Gasteiger partial charge in [0.1, 0.15) is 0 Å². The van der Waals surface area contributed by atoms with Gasteiger partial charge in [-0.25, -0.2) is 0 Å². The minimum Gasteiger partial charge on any atom is -0.352 e. The number of allylic oxidation sites excluding steroid dienone is 3. The van der Waals surface area contributed by atoms with Gasteiger partial charge in [0.05, 0.1) is 0 Å². The number of carbonyl (C=O) groups excluding carboxylic acids is 2. The molecule has 14 heavy (non-hydrogen) atoms. The smallest absolute Gasteiger partial charge is 0.243 e. The quantitative estimate of drug-likeness (QED) is 0.533. The second-order valence-corrected chi connectivity index (χ2v) is 3.47. The molecule has 1 amide bonds. The Labute approximate surface area is 84.9 Å². The molecule has 1 N–H and O–H groups in total. The zero-order valence-corrected chi connectivity index (χ0v) is 8.91. The van der Waals surface area contributed by atoms with Crippen LogP contribution in [0, 0.1) is 5.92 Å². The molecule has 0 heterocycles. The molecule has 0 aromatic rings. The van der Waals surface area contributed by atoms with Crippen molar-refractivity contribution >= 4 is 11.7 Å². The summed E-state index contributed by atoms with van der Waals surface area (Å²) in [6.07, 6.45) is 5.92. The molecule has 0 saturated heterocycles. The van der Waals surface area contributed by atoms with Crippen molar-refractivity contribution in [2.24, 2.45) is 5.92 Å². The molecule has 0 aromatic carbocycles. The maximum atomic E-state index is 11.1. The van der Waals surface area contributed by atoms with Crippen LogP contribution in [-0.2, 0) is 9.59 Å². The summed E-state index contributed by atoms with van der Waals surface area (Å²) in [6, 6.07) is 0. The molecule has 0 radical (unpaired) electrons. The average Bonchev–Trinajstić information content (AvgIpc) is 2.08. The number of hydrogen-bond acceptors (Lipinski definition) is 2. The van der Waals surface area contributed by atoms with Crippen molar-refractivity contribution in [2.45, 2.75) is 20.8 Å². The molecule has 0 rings (SSSR count). The SMILES string of the molecule is CC(=O)/C=C/C=C/C(=O)NCC(C)C. The first-order chi connectivity index (χ1) is 6.52. The van der Waals surface area contributed by atoms with Crippen LogP contribution in [0.5, 0.6) is 0 Å². The first-order valence-corrected chi connectivity index (χ1v) is 4.65. The van der Waals surface area contributed by atoms with Gasteiger partial charge in [0.25, 0.3) is 0 Å². The van der Waals surface area contributed by atoms with Crippen molar-refractivity contribution in [1.29, 1.82) is 0 Å². The van der Waals surface area contributed by atoms with Crippen LogP contribution in [0.15, 0.2) is 24.3 Å². The molecule has 78 valence electrons. The van der Waals surface area contributed by atoms with E-state index in [0.29, 0.717) is 12.5 Å². The predicted octanol–water partition coefficient (Wildman–Crippen LogP) is 1.46. The highest BCUT2D eigenvalue weighted by atomic mass is 16.1. The van der Waals surface area contributed by atoms with Crippen molar-refractivity contribution in [3.05, 3.63) is 24.3 Å². The van der Waals surface area contributed by atoms with Crippen LogP contribution in [0.3, 0.4) is 0 Å². The standard InChI is InChI=1S/C11H17NO2/c1-9(2)8-12-11(14)7-5-4-6-10(3)13/h4-7,9H,8H2,1-3H3,(H,12,14)/b6-4+,7-5+. The molecule has 0 aliphatic rings. The fraction of sp³-hybridized carbons (Fsp3) is 0.455. The molecule has 0 unspecified atom stereocenters. The fourth-order valence-corrected chi connectivity index (χ4v) is 0.698. The molecule has 3 heteroatoms. The summed E-state index contributed by atoms with van der Waals surface area (Å²) in [4.78, 5) is 21.6. The first kappa shape index (κ1) is 12.6. The van der Waals surface area contributed by atoms with E-state index in [0.717, 1.165) is 0 Å². The van der Waals surface area contributed by atoms with Crippen LogP contribution in [0.25, 0.3) is 0 Å². The third-order valence-electron chi connectivity index (χ3n) is 1.37. The van der Waals surface area contributed by atoms with Gasteiger partial charge in [-0.05, 0) is 18.9 Å². The minimum absolute atomic E-state index is 0.0303. The Hall–Kier alpha value is -1.38. The third-order valence-corrected chi connectivity index (χ3v) is 1.37. The molecule has 0 fully saturated rings. The molecule has 0 spiro atoms. The van der Waals surface area contributed by atoms with E-state index < -0.39 is 0 Å². The number of amides is 1. The van der Waals surface area contributed by atoms with E-state index in [1.54, 1.807) is 12.2 Å². The van der Waals surface area contributed by atoms with Crippen molar-refractivity contribution in [1.82, 2.24) is 5.32 Å². The van der Waals surface area contributed by atoms with Crippen LogP contribution in [0.4, 0.5) is 0 Å². The summed E-state index contributed by atoms with van der Waals surface area (Å²) in [5.74, 6) is 0.282. The van der Waals surface area contributed by atoms with E-state index in [-0.39, 0.29) is 11.7 Å². The fourth-order valence-electron chi connectivity index (χ4n) is 0.698. The average molecular weight is 195 g/mol. The topological polar surface area (TPSA) is 46.2 Å². The van der Waals surface area contributed by atoms with E-state index in [1.165, 1.54) is 19.1 Å². The number of rotatable bonds is 5. The normalized spacial score (nSPS) is 11.4. The van der Waals surface area contributed by atoms with Crippen molar-refractivity contribution in [2.75, 3.05) is 6.54 Å². The summed E-state index contributed by atoms with van der Waals surface area (Å²) < 4.78 is 0. The molecule has 3 nitrogen and oxygen atoms in total. The lowest BCUT2D eigenvalue weighted by atomic mass is 10.2. The highest BCUT2D eigenvalue weighted by Crippen LogP contribution is 1.87.